The van der Waals surface area contributed by atoms with Crippen LogP contribution in [-0.2, 0) is 9.53 Å². The van der Waals surface area contributed by atoms with Gasteiger partial charge in [-0.3, -0.25) is 0 Å². The predicted molar refractivity (Wildman–Crippen MR) is 68.5 cm³/mol. The van der Waals surface area contributed by atoms with E-state index < -0.39 is 5.97 Å². The number of urea groups is 1. The molecule has 0 bridgehead atoms. The molecule has 0 spiro atoms. The molecular formula is C12H24N2O4. The van der Waals surface area contributed by atoms with Gasteiger partial charge in [0.2, 0.25) is 0 Å². The molecule has 6 nitrogen and oxygen atoms in total. The molecule has 0 aromatic carbocycles. The molecule has 0 saturated heterocycles. The summed E-state index contributed by atoms with van der Waals surface area (Å²) in [5, 5.41) is 13.7. The molecule has 6 heteroatoms. The first-order valence-corrected chi connectivity index (χ1v) is 6.25. The number of aliphatic carboxylic acids is 1. The van der Waals surface area contributed by atoms with Crippen molar-refractivity contribution in [3.8, 4) is 0 Å². The molecular weight excluding hydrogens is 236 g/mol. The van der Waals surface area contributed by atoms with Gasteiger partial charge in [0.1, 0.15) is 6.61 Å². The van der Waals surface area contributed by atoms with Gasteiger partial charge in [0.15, 0.2) is 0 Å². The second kappa shape index (κ2) is 9.70. The number of amides is 2. The zero-order valence-corrected chi connectivity index (χ0v) is 11.4. The third kappa shape index (κ3) is 11.2. The van der Waals surface area contributed by atoms with Gasteiger partial charge in [-0.25, -0.2) is 9.59 Å². The van der Waals surface area contributed by atoms with E-state index in [4.69, 9.17) is 9.84 Å². The number of hydrogen-bond donors (Lipinski definition) is 3. The van der Waals surface area contributed by atoms with Crippen molar-refractivity contribution in [2.45, 2.75) is 39.7 Å². The van der Waals surface area contributed by atoms with Gasteiger partial charge in [-0.15, -0.1) is 0 Å². The SMILES string of the molecule is CC(C)CCC(C)NC(=O)NCCOCC(=O)O. The second-order valence-electron chi connectivity index (χ2n) is 4.72. The molecule has 2 amide bonds. The molecule has 3 N–H and O–H groups in total. The smallest absolute Gasteiger partial charge is 0.329 e. The lowest BCUT2D eigenvalue weighted by Gasteiger charge is -2.15. The fraction of sp³-hybridized carbons (Fsp3) is 0.833. The van der Waals surface area contributed by atoms with Crippen LogP contribution in [0.2, 0.25) is 0 Å². The normalized spacial score (nSPS) is 12.2. The van der Waals surface area contributed by atoms with E-state index in [0.717, 1.165) is 12.8 Å². The highest BCUT2D eigenvalue weighted by atomic mass is 16.5. The average molecular weight is 260 g/mol. The van der Waals surface area contributed by atoms with Gasteiger partial charge in [0.25, 0.3) is 0 Å². The Labute approximate surface area is 108 Å². The van der Waals surface area contributed by atoms with Crippen LogP contribution in [0.3, 0.4) is 0 Å². The van der Waals surface area contributed by atoms with Crippen LogP contribution in [0.15, 0.2) is 0 Å². The molecule has 0 aliphatic rings. The fourth-order valence-electron chi connectivity index (χ4n) is 1.33. The van der Waals surface area contributed by atoms with Crippen molar-refractivity contribution in [2.24, 2.45) is 5.92 Å². The summed E-state index contributed by atoms with van der Waals surface area (Å²) in [5.74, 6) is -0.386. The lowest BCUT2D eigenvalue weighted by atomic mass is 10.0. The molecule has 0 heterocycles. The quantitative estimate of drug-likeness (QED) is 0.544. The maximum atomic E-state index is 11.4. The molecule has 0 aromatic heterocycles. The highest BCUT2D eigenvalue weighted by Gasteiger charge is 2.07. The Hall–Kier alpha value is -1.30. The summed E-state index contributed by atoms with van der Waals surface area (Å²) in [6.45, 7) is 6.41. The van der Waals surface area contributed by atoms with Gasteiger partial charge in [-0.2, -0.15) is 0 Å². The molecule has 0 fully saturated rings. The zero-order valence-electron chi connectivity index (χ0n) is 11.4. The highest BCUT2D eigenvalue weighted by Crippen LogP contribution is 2.05. The van der Waals surface area contributed by atoms with Crippen LogP contribution in [-0.4, -0.2) is 42.9 Å². The minimum Gasteiger partial charge on any atom is -0.480 e. The van der Waals surface area contributed by atoms with Gasteiger partial charge in [-0.05, 0) is 25.7 Å². The predicted octanol–water partition coefficient (Wildman–Crippen LogP) is 1.21. The van der Waals surface area contributed by atoms with Crippen LogP contribution in [0.1, 0.15) is 33.6 Å². The van der Waals surface area contributed by atoms with E-state index in [1.54, 1.807) is 0 Å². The van der Waals surface area contributed by atoms with Gasteiger partial charge >= 0.3 is 12.0 Å². The molecule has 0 aliphatic carbocycles. The van der Waals surface area contributed by atoms with Crippen molar-refractivity contribution in [2.75, 3.05) is 19.8 Å². The Morgan fingerprint density at radius 2 is 1.89 bits per heavy atom. The molecule has 0 aromatic rings. The second-order valence-corrected chi connectivity index (χ2v) is 4.72. The van der Waals surface area contributed by atoms with E-state index in [-0.39, 0.29) is 25.3 Å². The summed E-state index contributed by atoms with van der Waals surface area (Å²) in [6.07, 6.45) is 2.02. The minimum atomic E-state index is -1.01. The van der Waals surface area contributed by atoms with Crippen molar-refractivity contribution < 1.29 is 19.4 Å². The average Bonchev–Trinajstić information content (AvgIpc) is 2.25. The molecule has 106 valence electrons. The Kier molecular flexibility index (Phi) is 9.00. The Balaban J connectivity index is 3.49. The Bertz CT molecular complexity index is 256. The van der Waals surface area contributed by atoms with E-state index >= 15 is 0 Å². The summed E-state index contributed by atoms with van der Waals surface area (Å²) < 4.78 is 4.79. The number of carboxylic acid groups (broad SMARTS) is 1. The minimum absolute atomic E-state index is 0.132. The monoisotopic (exact) mass is 260 g/mol. The lowest BCUT2D eigenvalue weighted by Crippen LogP contribution is -2.42. The maximum Gasteiger partial charge on any atom is 0.329 e. The van der Waals surface area contributed by atoms with E-state index in [9.17, 15) is 9.59 Å². The zero-order chi connectivity index (χ0) is 14.0. The molecule has 0 saturated carbocycles. The number of carbonyl (C=O) groups excluding carboxylic acids is 1. The molecule has 0 radical (unpaired) electrons. The number of carboxylic acids is 1. The first-order valence-electron chi connectivity index (χ1n) is 6.25. The summed E-state index contributed by atoms with van der Waals surface area (Å²) >= 11 is 0. The molecule has 1 atom stereocenters. The van der Waals surface area contributed by atoms with E-state index in [1.807, 2.05) is 6.92 Å². The Morgan fingerprint density at radius 1 is 1.22 bits per heavy atom. The van der Waals surface area contributed by atoms with Crippen LogP contribution < -0.4 is 10.6 Å². The van der Waals surface area contributed by atoms with Gasteiger partial charge in [-0.1, -0.05) is 13.8 Å². The summed E-state index contributed by atoms with van der Waals surface area (Å²) in [7, 11) is 0. The van der Waals surface area contributed by atoms with Crippen LogP contribution in [0, 0.1) is 5.92 Å². The molecule has 0 aliphatic heterocycles. The number of ether oxygens (including phenoxy) is 1. The number of nitrogens with one attached hydrogen (secondary N) is 2. The van der Waals surface area contributed by atoms with Crippen molar-refractivity contribution in [1.29, 1.82) is 0 Å². The third-order valence-electron chi connectivity index (χ3n) is 2.31. The van der Waals surface area contributed by atoms with Crippen molar-refractivity contribution in [3.63, 3.8) is 0 Å². The molecule has 1 unspecified atom stereocenters. The first-order chi connectivity index (χ1) is 8.41. The lowest BCUT2D eigenvalue weighted by molar-refractivity contribution is -0.142. The van der Waals surface area contributed by atoms with Gasteiger partial charge < -0.3 is 20.5 Å². The van der Waals surface area contributed by atoms with Crippen LogP contribution >= 0.6 is 0 Å². The molecule has 18 heavy (non-hydrogen) atoms. The largest absolute Gasteiger partial charge is 0.480 e. The molecule has 0 rings (SSSR count). The van der Waals surface area contributed by atoms with Crippen molar-refractivity contribution in [3.05, 3.63) is 0 Å². The summed E-state index contributed by atoms with van der Waals surface area (Å²) in [6, 6.07) is -0.113. The van der Waals surface area contributed by atoms with Crippen molar-refractivity contribution >= 4 is 12.0 Å². The van der Waals surface area contributed by atoms with Crippen molar-refractivity contribution in [1.82, 2.24) is 10.6 Å². The third-order valence-corrected chi connectivity index (χ3v) is 2.31. The maximum absolute atomic E-state index is 11.4. The summed E-state index contributed by atoms with van der Waals surface area (Å²) in [5.41, 5.74) is 0. The van der Waals surface area contributed by atoms with E-state index in [1.165, 1.54) is 0 Å². The number of hydrogen-bond acceptors (Lipinski definition) is 3. The standard InChI is InChI=1S/C12H24N2O4/c1-9(2)4-5-10(3)14-12(17)13-6-7-18-8-11(15)16/h9-10H,4-8H2,1-3H3,(H,15,16)(H2,13,14,17). The van der Waals surface area contributed by atoms with Crippen LogP contribution in [0.5, 0.6) is 0 Å². The highest BCUT2D eigenvalue weighted by molar-refractivity contribution is 5.74. The van der Waals surface area contributed by atoms with Crippen LogP contribution in [0.4, 0.5) is 4.79 Å². The van der Waals surface area contributed by atoms with E-state index in [2.05, 4.69) is 24.5 Å². The first kappa shape index (κ1) is 16.7. The van der Waals surface area contributed by atoms with Gasteiger partial charge in [0, 0.05) is 12.6 Å². The number of rotatable bonds is 9. The Morgan fingerprint density at radius 3 is 2.44 bits per heavy atom. The van der Waals surface area contributed by atoms with Gasteiger partial charge in [0.05, 0.1) is 6.61 Å². The fourth-order valence-corrected chi connectivity index (χ4v) is 1.33. The van der Waals surface area contributed by atoms with E-state index in [0.29, 0.717) is 12.5 Å². The van der Waals surface area contributed by atoms with Crippen LogP contribution in [0.25, 0.3) is 0 Å². The number of carbonyl (C=O) groups is 2. The summed E-state index contributed by atoms with van der Waals surface area (Å²) in [4.78, 5) is 21.5. The topological polar surface area (TPSA) is 87.7 Å².